The van der Waals surface area contributed by atoms with Crippen molar-refractivity contribution in [2.75, 3.05) is 0 Å². The average Bonchev–Trinajstić information content (AvgIpc) is 2.97. The zero-order valence-corrected chi connectivity index (χ0v) is 16.3. The van der Waals surface area contributed by atoms with Gasteiger partial charge >= 0.3 is 0 Å². The lowest BCUT2D eigenvalue weighted by atomic mass is 10.2. The van der Waals surface area contributed by atoms with Crippen LogP contribution in [0.25, 0.3) is 11.1 Å². The van der Waals surface area contributed by atoms with Crippen LogP contribution >= 0.6 is 0 Å². The lowest BCUT2D eigenvalue weighted by Crippen LogP contribution is -2.43. The van der Waals surface area contributed by atoms with Crippen molar-refractivity contribution in [1.29, 1.82) is 0 Å². The second kappa shape index (κ2) is 6.38. The summed E-state index contributed by atoms with van der Waals surface area (Å²) in [5.41, 5.74) is 2.23. The van der Waals surface area contributed by atoms with Gasteiger partial charge in [0.15, 0.2) is 5.58 Å². The minimum absolute atomic E-state index is 0.109. The van der Waals surface area contributed by atoms with Gasteiger partial charge in [-0.1, -0.05) is 32.8 Å². The molecule has 0 aliphatic carbocycles. The average molecular weight is 350 g/mol. The summed E-state index contributed by atoms with van der Waals surface area (Å²) < 4.78 is 12.3. The second-order valence-corrected chi connectivity index (χ2v) is 12.2. The SMILES string of the molecule is CC(C)(C)[Si](C)(C)Oc1cccc2nc(C#Cc3cccnc3)oc12. The molecule has 0 radical (unpaired) electrons. The summed E-state index contributed by atoms with van der Waals surface area (Å²) in [5.74, 6) is 7.09. The molecule has 0 saturated carbocycles. The van der Waals surface area contributed by atoms with Gasteiger partial charge in [-0.2, -0.15) is 0 Å². The third kappa shape index (κ3) is 3.75. The van der Waals surface area contributed by atoms with E-state index in [4.69, 9.17) is 8.84 Å². The predicted octanol–water partition coefficient (Wildman–Crippen LogP) is 5.01. The van der Waals surface area contributed by atoms with Gasteiger partial charge in [0.2, 0.25) is 0 Å². The summed E-state index contributed by atoms with van der Waals surface area (Å²) in [6.07, 6.45) is 3.43. The monoisotopic (exact) mass is 350 g/mol. The van der Waals surface area contributed by atoms with Crippen molar-refractivity contribution >= 4 is 19.4 Å². The van der Waals surface area contributed by atoms with E-state index >= 15 is 0 Å². The van der Waals surface area contributed by atoms with Gasteiger partial charge in [0, 0.05) is 18.0 Å². The van der Waals surface area contributed by atoms with Gasteiger partial charge in [0.05, 0.1) is 0 Å². The Bertz CT molecular complexity index is 944. The Morgan fingerprint density at radius 1 is 1.08 bits per heavy atom. The van der Waals surface area contributed by atoms with Crippen LogP contribution in [-0.4, -0.2) is 18.3 Å². The normalized spacial score (nSPS) is 11.9. The number of benzene rings is 1. The van der Waals surface area contributed by atoms with Crippen molar-refractivity contribution in [3.8, 4) is 17.6 Å². The number of hydrogen-bond acceptors (Lipinski definition) is 4. The van der Waals surface area contributed by atoms with Crippen molar-refractivity contribution in [2.24, 2.45) is 0 Å². The van der Waals surface area contributed by atoms with E-state index in [0.717, 1.165) is 16.8 Å². The van der Waals surface area contributed by atoms with Crippen LogP contribution in [0.3, 0.4) is 0 Å². The van der Waals surface area contributed by atoms with Crippen LogP contribution in [0.1, 0.15) is 32.2 Å². The largest absolute Gasteiger partial charge is 0.541 e. The number of oxazole rings is 1. The fraction of sp³-hybridized carbons (Fsp3) is 0.300. The van der Waals surface area contributed by atoms with E-state index < -0.39 is 8.32 Å². The van der Waals surface area contributed by atoms with Crippen LogP contribution < -0.4 is 4.43 Å². The number of rotatable bonds is 2. The molecule has 5 heteroatoms. The Morgan fingerprint density at radius 2 is 1.88 bits per heavy atom. The molecule has 2 heterocycles. The molecule has 1 aromatic carbocycles. The Labute approximate surface area is 149 Å². The van der Waals surface area contributed by atoms with Crippen molar-refractivity contribution in [3.05, 3.63) is 54.2 Å². The summed E-state index contributed by atoms with van der Waals surface area (Å²) in [7, 11) is -1.96. The topological polar surface area (TPSA) is 48.2 Å². The van der Waals surface area contributed by atoms with E-state index in [2.05, 4.69) is 55.7 Å². The number of pyridine rings is 1. The van der Waals surface area contributed by atoms with Crippen LogP contribution in [0.15, 0.2) is 47.1 Å². The highest BCUT2D eigenvalue weighted by Crippen LogP contribution is 2.39. The van der Waals surface area contributed by atoms with Gasteiger partial charge < -0.3 is 8.84 Å². The van der Waals surface area contributed by atoms with Crippen molar-refractivity contribution < 1.29 is 8.84 Å². The fourth-order valence-corrected chi connectivity index (χ4v) is 3.06. The molecule has 2 aromatic heterocycles. The van der Waals surface area contributed by atoms with Gasteiger partial charge in [0.1, 0.15) is 11.3 Å². The molecule has 0 fully saturated rings. The molecule has 4 nitrogen and oxygen atoms in total. The highest BCUT2D eigenvalue weighted by molar-refractivity contribution is 6.74. The first kappa shape index (κ1) is 17.2. The highest BCUT2D eigenvalue weighted by Gasteiger charge is 2.39. The van der Waals surface area contributed by atoms with Gasteiger partial charge in [-0.15, -0.1) is 0 Å². The molecule has 3 rings (SSSR count). The molecule has 0 aliphatic rings. The van der Waals surface area contributed by atoms with E-state index in [-0.39, 0.29) is 5.04 Å². The third-order valence-corrected chi connectivity index (χ3v) is 8.87. The minimum Gasteiger partial charge on any atom is -0.541 e. The smallest absolute Gasteiger partial charge is 0.274 e. The zero-order valence-electron chi connectivity index (χ0n) is 15.3. The summed E-state index contributed by atoms with van der Waals surface area (Å²) in [6.45, 7) is 11.1. The second-order valence-electron chi connectivity index (χ2n) is 7.48. The molecule has 0 unspecified atom stereocenters. The quantitative estimate of drug-likeness (QED) is 0.482. The van der Waals surface area contributed by atoms with Gasteiger partial charge in [-0.3, -0.25) is 4.98 Å². The van der Waals surface area contributed by atoms with E-state index in [0.29, 0.717) is 11.5 Å². The predicted molar refractivity (Wildman–Crippen MR) is 102 cm³/mol. The maximum Gasteiger partial charge on any atom is 0.274 e. The standard InChI is InChI=1S/C20H22N2O2Si/c1-20(2,3)25(4,5)24-17-10-6-9-16-19(17)23-18(22-16)12-11-15-8-7-13-21-14-15/h6-10,13-14H,1-5H3. The summed E-state index contributed by atoms with van der Waals surface area (Å²) in [5, 5.41) is 0.109. The van der Waals surface area contributed by atoms with Gasteiger partial charge in [-0.25, -0.2) is 4.98 Å². The Morgan fingerprint density at radius 3 is 2.56 bits per heavy atom. The number of aromatic nitrogens is 2. The third-order valence-electron chi connectivity index (χ3n) is 4.53. The molecule has 3 aromatic rings. The Hall–Kier alpha value is -2.58. The van der Waals surface area contributed by atoms with Crippen LogP contribution in [0.2, 0.25) is 18.1 Å². The summed E-state index contributed by atoms with van der Waals surface area (Å²) in [4.78, 5) is 8.50. The molecule has 0 amide bonds. The summed E-state index contributed by atoms with van der Waals surface area (Å²) >= 11 is 0. The molecule has 0 saturated heterocycles. The van der Waals surface area contributed by atoms with Crippen molar-refractivity contribution in [1.82, 2.24) is 9.97 Å². The lowest BCUT2D eigenvalue weighted by molar-refractivity contribution is 0.481. The molecule has 128 valence electrons. The first-order valence-corrected chi connectivity index (χ1v) is 11.2. The van der Waals surface area contributed by atoms with E-state index in [9.17, 15) is 0 Å². The number of para-hydroxylation sites is 1. The zero-order chi connectivity index (χ0) is 18.1. The van der Waals surface area contributed by atoms with Crippen LogP contribution in [0.5, 0.6) is 5.75 Å². The Balaban J connectivity index is 1.95. The maximum atomic E-state index is 6.40. The molecular formula is C20H22N2O2Si. The van der Waals surface area contributed by atoms with Gasteiger partial charge in [0.25, 0.3) is 14.2 Å². The number of hydrogen-bond donors (Lipinski definition) is 0. The summed E-state index contributed by atoms with van der Waals surface area (Å²) in [6, 6.07) is 9.53. The van der Waals surface area contributed by atoms with Crippen LogP contribution in [0, 0.1) is 11.8 Å². The molecule has 0 spiro atoms. The molecule has 0 aliphatic heterocycles. The first-order valence-electron chi connectivity index (χ1n) is 8.27. The highest BCUT2D eigenvalue weighted by atomic mass is 28.4. The van der Waals surface area contributed by atoms with Crippen LogP contribution in [0.4, 0.5) is 0 Å². The lowest BCUT2D eigenvalue weighted by Gasteiger charge is -2.36. The fourth-order valence-electron chi connectivity index (χ4n) is 2.05. The van der Waals surface area contributed by atoms with Crippen molar-refractivity contribution in [2.45, 2.75) is 38.9 Å². The number of nitrogens with zero attached hydrogens (tertiary/aromatic N) is 2. The Kier molecular flexibility index (Phi) is 4.40. The maximum absolute atomic E-state index is 6.40. The van der Waals surface area contributed by atoms with Gasteiger partial charge in [-0.05, 0) is 48.3 Å². The molecule has 0 atom stereocenters. The first-order chi connectivity index (χ1) is 11.8. The van der Waals surface area contributed by atoms with E-state index in [1.165, 1.54) is 0 Å². The van der Waals surface area contributed by atoms with Crippen LogP contribution in [-0.2, 0) is 0 Å². The molecule has 25 heavy (non-hydrogen) atoms. The number of fused-ring (bicyclic) bond motifs is 1. The minimum atomic E-state index is -1.96. The van der Waals surface area contributed by atoms with E-state index in [1.54, 1.807) is 12.4 Å². The molecular weight excluding hydrogens is 328 g/mol. The van der Waals surface area contributed by atoms with Crippen molar-refractivity contribution in [3.63, 3.8) is 0 Å². The molecule has 0 bridgehead atoms. The van der Waals surface area contributed by atoms with E-state index in [1.807, 2.05) is 30.3 Å². The molecule has 0 N–H and O–H groups in total.